The average molecular weight is 812 g/mol. The highest BCUT2D eigenvalue weighted by atomic mass is 16.6. The molecule has 0 rings (SSSR count). The lowest BCUT2D eigenvalue weighted by atomic mass is 10.1. The van der Waals surface area contributed by atoms with Crippen LogP contribution < -0.4 is 5.11 Å². The number of hydrogen-bond acceptors (Lipinski definition) is 7. The van der Waals surface area contributed by atoms with Crippen LogP contribution >= 0.6 is 0 Å². The number of quaternary nitrogens is 1. The van der Waals surface area contributed by atoms with Gasteiger partial charge in [0.15, 0.2) is 6.10 Å². The molecule has 0 fully saturated rings. The summed E-state index contributed by atoms with van der Waals surface area (Å²) in [5.41, 5.74) is 0. The second-order valence-corrected chi connectivity index (χ2v) is 16.3. The van der Waals surface area contributed by atoms with Crippen LogP contribution in [-0.2, 0) is 28.6 Å². The van der Waals surface area contributed by atoms with E-state index < -0.39 is 18.1 Å². The van der Waals surface area contributed by atoms with Gasteiger partial charge in [0.2, 0.25) is 0 Å². The number of hydrogen-bond donors (Lipinski definition) is 0. The van der Waals surface area contributed by atoms with Crippen LogP contribution in [0.2, 0.25) is 0 Å². The Morgan fingerprint density at radius 1 is 0.534 bits per heavy atom. The number of nitrogens with zero attached hydrogens (tertiary/aromatic N) is 1. The number of carbonyl (C=O) groups is 3. The lowest BCUT2D eigenvalue weighted by Crippen LogP contribution is -2.55. The zero-order chi connectivity index (χ0) is 42.8. The third kappa shape index (κ3) is 38.3. The maximum absolute atomic E-state index is 12.7. The van der Waals surface area contributed by atoms with Gasteiger partial charge < -0.3 is 28.6 Å². The molecule has 2 atom stereocenters. The Morgan fingerprint density at radius 2 is 0.966 bits per heavy atom. The molecule has 0 saturated carbocycles. The van der Waals surface area contributed by atoms with Crippen LogP contribution in [0.3, 0.4) is 0 Å². The third-order valence-electron chi connectivity index (χ3n) is 9.83. The Bertz CT molecular complexity index is 1180. The topological polar surface area (TPSA) is 102 Å². The number of ether oxygens (including phenoxy) is 3. The van der Waals surface area contributed by atoms with Crippen LogP contribution in [0.15, 0.2) is 72.9 Å². The Labute approximate surface area is 355 Å². The first kappa shape index (κ1) is 54.8. The Kier molecular flexibility index (Phi) is 38.3. The molecule has 0 aliphatic carbocycles. The molecule has 8 nitrogen and oxygen atoms in total. The lowest BCUT2D eigenvalue weighted by molar-refractivity contribution is -0.889. The maximum Gasteiger partial charge on any atom is 0.306 e. The summed E-state index contributed by atoms with van der Waals surface area (Å²) in [7, 11) is 5.39. The van der Waals surface area contributed by atoms with Crippen LogP contribution in [-0.4, -0.2) is 75.5 Å². The molecule has 0 bridgehead atoms. The molecule has 0 amide bonds. The molecule has 0 aliphatic heterocycles. The van der Waals surface area contributed by atoms with Gasteiger partial charge in [0.1, 0.15) is 12.6 Å². The minimum absolute atomic E-state index is 0.0250. The van der Waals surface area contributed by atoms with E-state index in [9.17, 15) is 19.5 Å². The molecule has 0 aliphatic rings. The van der Waals surface area contributed by atoms with Crippen molar-refractivity contribution < 1.29 is 38.2 Å². The van der Waals surface area contributed by atoms with Crippen molar-refractivity contribution in [2.45, 2.75) is 187 Å². The highest BCUT2D eigenvalue weighted by Crippen LogP contribution is 2.13. The number of carboxylic acids is 1. The van der Waals surface area contributed by atoms with E-state index in [-0.39, 0.29) is 42.7 Å². The number of rotatable bonds is 40. The zero-order valence-corrected chi connectivity index (χ0v) is 37.7. The van der Waals surface area contributed by atoms with Gasteiger partial charge in [-0.2, -0.15) is 0 Å². The fourth-order valence-electron chi connectivity index (χ4n) is 6.27. The molecular weight excluding hydrogens is 727 g/mol. The molecule has 0 heterocycles. The van der Waals surface area contributed by atoms with Crippen molar-refractivity contribution in [1.82, 2.24) is 0 Å². The van der Waals surface area contributed by atoms with Gasteiger partial charge in [0.05, 0.1) is 40.3 Å². The number of aliphatic carboxylic acids is 1. The monoisotopic (exact) mass is 812 g/mol. The van der Waals surface area contributed by atoms with Crippen LogP contribution in [0.5, 0.6) is 0 Å². The molecule has 0 spiro atoms. The highest BCUT2D eigenvalue weighted by Gasteiger charge is 2.25. The van der Waals surface area contributed by atoms with Crippen molar-refractivity contribution in [1.29, 1.82) is 0 Å². The van der Waals surface area contributed by atoms with Crippen LogP contribution in [0.1, 0.15) is 174 Å². The number of likely N-dealkylation sites (N-methyl/N-ethyl adjacent to an activating group) is 1. The van der Waals surface area contributed by atoms with Crippen molar-refractivity contribution in [2.24, 2.45) is 0 Å². The summed E-state index contributed by atoms with van der Waals surface area (Å²) in [6, 6.07) is -0.734. The van der Waals surface area contributed by atoms with Crippen molar-refractivity contribution >= 4 is 17.9 Å². The highest BCUT2D eigenvalue weighted by molar-refractivity contribution is 5.70. The smallest absolute Gasteiger partial charge is 0.306 e. The van der Waals surface area contributed by atoms with E-state index in [1.54, 1.807) is 21.1 Å². The van der Waals surface area contributed by atoms with E-state index in [2.05, 4.69) is 86.8 Å². The van der Waals surface area contributed by atoms with E-state index in [0.717, 1.165) is 77.0 Å². The van der Waals surface area contributed by atoms with E-state index in [1.807, 2.05) is 0 Å². The summed E-state index contributed by atoms with van der Waals surface area (Å²) in [5.74, 6) is -1.79. The predicted octanol–water partition coefficient (Wildman–Crippen LogP) is 11.4. The van der Waals surface area contributed by atoms with Crippen LogP contribution in [0, 0.1) is 0 Å². The number of allylic oxidation sites excluding steroid dienone is 12. The molecular formula is C50H85NO7. The molecule has 0 saturated heterocycles. The molecule has 0 aromatic carbocycles. The summed E-state index contributed by atoms with van der Waals surface area (Å²) >= 11 is 0. The van der Waals surface area contributed by atoms with E-state index in [0.29, 0.717) is 12.8 Å². The van der Waals surface area contributed by atoms with Gasteiger partial charge in [-0.05, 0) is 83.5 Å². The van der Waals surface area contributed by atoms with E-state index in [4.69, 9.17) is 14.2 Å². The normalized spacial score (nSPS) is 13.6. The van der Waals surface area contributed by atoms with Crippen LogP contribution in [0.4, 0.5) is 0 Å². The number of carbonyl (C=O) groups excluding carboxylic acids is 3. The largest absolute Gasteiger partial charge is 0.544 e. The van der Waals surface area contributed by atoms with Gasteiger partial charge in [-0.15, -0.1) is 0 Å². The summed E-state index contributed by atoms with van der Waals surface area (Å²) in [6.07, 6.45) is 50.6. The molecule has 2 unspecified atom stereocenters. The summed E-state index contributed by atoms with van der Waals surface area (Å²) in [6.45, 7) is 4.49. The minimum atomic E-state index is -1.13. The maximum atomic E-state index is 12.7. The zero-order valence-electron chi connectivity index (χ0n) is 37.7. The molecule has 8 heteroatoms. The number of carboxylic acid groups (broad SMARTS) is 1. The second-order valence-electron chi connectivity index (χ2n) is 16.3. The summed E-state index contributed by atoms with van der Waals surface area (Å²) < 4.78 is 17.1. The molecule has 0 aromatic rings. The summed E-state index contributed by atoms with van der Waals surface area (Å²) in [4.78, 5) is 36.9. The third-order valence-corrected chi connectivity index (χ3v) is 9.83. The van der Waals surface area contributed by atoms with Crippen molar-refractivity contribution in [3.8, 4) is 0 Å². The average Bonchev–Trinajstić information content (AvgIpc) is 3.18. The fraction of sp³-hybridized carbons (Fsp3) is 0.700. The second kappa shape index (κ2) is 40.5. The van der Waals surface area contributed by atoms with E-state index >= 15 is 0 Å². The Balaban J connectivity index is 4.40. The van der Waals surface area contributed by atoms with Crippen molar-refractivity contribution in [3.63, 3.8) is 0 Å². The van der Waals surface area contributed by atoms with Crippen molar-refractivity contribution in [3.05, 3.63) is 72.9 Å². The van der Waals surface area contributed by atoms with Gasteiger partial charge >= 0.3 is 11.9 Å². The summed E-state index contributed by atoms with van der Waals surface area (Å²) in [5, 5.41) is 11.6. The van der Waals surface area contributed by atoms with Gasteiger partial charge in [0.25, 0.3) is 0 Å². The molecule has 58 heavy (non-hydrogen) atoms. The quantitative estimate of drug-likeness (QED) is 0.0263. The minimum Gasteiger partial charge on any atom is -0.544 e. The SMILES string of the molecule is CC/C=C/C/C=C/C/C=C/C/C=C/C/C=C/CCCCCC(=O)OCC(COCCC(C(=O)[O-])[N+](C)(C)C)OC(=O)CCCCCCCCC/C=C/CCCCCC. The van der Waals surface area contributed by atoms with Gasteiger partial charge in [0, 0.05) is 19.3 Å². The first-order valence-electron chi connectivity index (χ1n) is 23.0. The Morgan fingerprint density at radius 3 is 1.47 bits per heavy atom. The Hall–Kier alpha value is -3.23. The van der Waals surface area contributed by atoms with Crippen LogP contribution in [0.25, 0.3) is 0 Å². The predicted molar refractivity (Wildman–Crippen MR) is 240 cm³/mol. The van der Waals surface area contributed by atoms with Gasteiger partial charge in [-0.25, -0.2) is 0 Å². The molecule has 0 radical (unpaired) electrons. The standard InChI is InChI=1S/C50H85NO7/c1-6-8-10-12-14-16-18-20-22-23-24-25-27-28-30-32-34-36-38-40-48(52)57-45-46(44-56-43-42-47(50(54)55)51(3,4)5)58-49(53)41-39-37-35-33-31-29-26-21-19-17-15-13-11-9-7-2/h8,10,14,16-17,19-20,22,24-25,28,30,46-47H,6-7,9,11-13,15,18,21,23,26-27,29,31-45H2,1-5H3/b10-8+,16-14+,19-17+,22-20+,25-24+,30-28+. The number of esters is 2. The first-order valence-corrected chi connectivity index (χ1v) is 23.0. The number of unbranched alkanes of at least 4 members (excludes halogenated alkanes) is 14. The van der Waals surface area contributed by atoms with E-state index in [1.165, 1.54) is 64.2 Å². The lowest BCUT2D eigenvalue weighted by Gasteiger charge is -2.34. The molecule has 0 N–H and O–H groups in total. The first-order chi connectivity index (χ1) is 28.1. The van der Waals surface area contributed by atoms with Gasteiger partial charge in [-0.3, -0.25) is 9.59 Å². The van der Waals surface area contributed by atoms with Gasteiger partial charge in [-0.1, -0.05) is 145 Å². The van der Waals surface area contributed by atoms with Crippen molar-refractivity contribution in [2.75, 3.05) is 41.0 Å². The molecule has 332 valence electrons. The molecule has 0 aromatic heterocycles. The fourth-order valence-corrected chi connectivity index (χ4v) is 6.27.